The molecule has 2 aliphatic heterocycles. The number of ether oxygens (including phenoxy) is 2. The van der Waals surface area contributed by atoms with Gasteiger partial charge < -0.3 is 46.1 Å². The second-order valence-corrected chi connectivity index (χ2v) is 15.0. The topological polar surface area (TPSA) is 192 Å². The van der Waals surface area contributed by atoms with Crippen molar-refractivity contribution in [1.82, 2.24) is 5.32 Å². The predicted molar refractivity (Wildman–Crippen MR) is 179 cm³/mol. The number of nitrogens with one attached hydrogen (secondary N) is 1. The van der Waals surface area contributed by atoms with Crippen molar-refractivity contribution in [2.75, 3.05) is 13.2 Å². The van der Waals surface area contributed by atoms with Gasteiger partial charge in [-0.15, -0.1) is 0 Å². The minimum absolute atomic E-state index is 0.0448. The maximum atomic E-state index is 14.1. The number of carbonyl (C=O) groups excluding carboxylic acids is 2. The molecule has 3 fully saturated rings. The fraction of sp³-hybridized carbons (Fsp3) is 0.579. The van der Waals surface area contributed by atoms with Gasteiger partial charge >= 0.3 is 0 Å². The molecule has 4 aliphatic carbocycles. The normalized spacial score (nSPS) is 34.5. The van der Waals surface area contributed by atoms with Crippen LogP contribution in [0.15, 0.2) is 65.2 Å². The van der Waals surface area contributed by atoms with E-state index in [4.69, 9.17) is 15.2 Å². The summed E-state index contributed by atoms with van der Waals surface area (Å²) in [7, 11) is 0. The lowest BCUT2D eigenvalue weighted by Crippen LogP contribution is -2.69. The Bertz CT molecular complexity index is 1600. The molecule has 1 aromatic rings. The van der Waals surface area contributed by atoms with Gasteiger partial charge in [0, 0.05) is 12.1 Å². The average molecular weight is 677 g/mol. The van der Waals surface area contributed by atoms with Crippen LogP contribution in [0.25, 0.3) is 0 Å². The number of nitrogens with two attached hydrogens (primary N) is 1. The molecule has 0 radical (unpaired) electrons. The first-order valence-corrected chi connectivity index (χ1v) is 17.8. The van der Waals surface area contributed by atoms with Crippen molar-refractivity contribution < 1.29 is 44.6 Å². The van der Waals surface area contributed by atoms with Crippen LogP contribution in [0, 0.1) is 23.2 Å². The SMILES string of the molecule is NC1=CC(C2(C[C@]3(O)[C@H](O)[C@@H](CO)O[C@@H](Oc4cccc5c4C(=O)[C@@H]4C(O)=CC(CC6CCCCC6)=C[C@@H]4C5=O)[C@@H]3O)CCCC2)=CCN1. The molecule has 2 heterocycles. The fourth-order valence-electron chi connectivity index (χ4n) is 9.35. The van der Waals surface area contributed by atoms with Crippen LogP contribution in [0.2, 0.25) is 0 Å². The van der Waals surface area contributed by atoms with Crippen molar-refractivity contribution >= 4 is 11.6 Å². The second kappa shape index (κ2) is 13.3. The quantitative estimate of drug-likeness (QED) is 0.213. The monoisotopic (exact) mass is 676 g/mol. The fourth-order valence-corrected chi connectivity index (χ4v) is 9.35. The lowest BCUT2D eigenvalue weighted by Gasteiger charge is -2.51. The van der Waals surface area contributed by atoms with E-state index in [0.717, 1.165) is 43.3 Å². The zero-order valence-electron chi connectivity index (χ0n) is 27.7. The molecule has 11 heteroatoms. The Morgan fingerprint density at radius 2 is 1.76 bits per heavy atom. The molecule has 0 spiro atoms. The lowest BCUT2D eigenvalue weighted by molar-refractivity contribution is -0.319. The van der Waals surface area contributed by atoms with Gasteiger partial charge in [0.05, 0.1) is 29.8 Å². The van der Waals surface area contributed by atoms with Gasteiger partial charge in [0.25, 0.3) is 0 Å². The highest BCUT2D eigenvalue weighted by Gasteiger charge is 2.59. The first kappa shape index (κ1) is 34.0. The van der Waals surface area contributed by atoms with E-state index in [2.05, 4.69) is 5.32 Å². The van der Waals surface area contributed by atoms with Crippen LogP contribution in [0.4, 0.5) is 0 Å². The Hall–Kier alpha value is -3.48. The van der Waals surface area contributed by atoms with Gasteiger partial charge in [-0.25, -0.2) is 0 Å². The summed E-state index contributed by atoms with van der Waals surface area (Å²) in [5.74, 6) is -2.02. The molecule has 2 saturated carbocycles. The molecule has 0 unspecified atom stereocenters. The van der Waals surface area contributed by atoms with Crippen molar-refractivity contribution in [2.45, 2.75) is 101 Å². The van der Waals surface area contributed by atoms with Gasteiger partial charge in [0.15, 0.2) is 11.6 Å². The van der Waals surface area contributed by atoms with Gasteiger partial charge in [-0.05, 0) is 66.4 Å². The third-order valence-corrected chi connectivity index (χ3v) is 11.9. The summed E-state index contributed by atoms with van der Waals surface area (Å²) in [4.78, 5) is 28.0. The van der Waals surface area contributed by atoms with E-state index >= 15 is 0 Å². The first-order valence-electron chi connectivity index (χ1n) is 17.8. The summed E-state index contributed by atoms with van der Waals surface area (Å²) < 4.78 is 12.0. The molecule has 7 rings (SSSR count). The highest BCUT2D eigenvalue weighted by Crippen LogP contribution is 2.53. The molecule has 0 amide bonds. The van der Waals surface area contributed by atoms with E-state index in [1.54, 1.807) is 18.2 Å². The molecule has 8 N–H and O–H groups in total. The molecule has 6 aliphatic rings. The third-order valence-electron chi connectivity index (χ3n) is 11.9. The zero-order chi connectivity index (χ0) is 34.5. The van der Waals surface area contributed by atoms with E-state index in [-0.39, 0.29) is 34.8 Å². The van der Waals surface area contributed by atoms with Crippen LogP contribution >= 0.6 is 0 Å². The van der Waals surface area contributed by atoms with Crippen LogP contribution in [0.1, 0.15) is 91.3 Å². The van der Waals surface area contributed by atoms with Crippen molar-refractivity contribution in [1.29, 1.82) is 0 Å². The van der Waals surface area contributed by atoms with E-state index in [0.29, 0.717) is 31.1 Å². The minimum Gasteiger partial charge on any atom is -0.511 e. The van der Waals surface area contributed by atoms with E-state index in [1.165, 1.54) is 25.3 Å². The molecule has 0 aromatic heterocycles. The van der Waals surface area contributed by atoms with E-state index in [9.17, 15) is 35.1 Å². The maximum Gasteiger partial charge on any atom is 0.229 e. The van der Waals surface area contributed by atoms with Crippen molar-refractivity contribution in [3.63, 3.8) is 0 Å². The number of hydrogen-bond acceptors (Lipinski definition) is 11. The summed E-state index contributed by atoms with van der Waals surface area (Å²) in [6.45, 7) is -0.169. The number of dihydropyridines is 1. The standard InChI is InChI=1S/C38H48N2O9/c39-29-18-23(11-14-40-29)37(12-4-5-13-37)20-38(47)34(45)28(19-41)49-36(35(38)46)48-27-10-6-9-24-31(27)33(44)30-25(32(24)43)16-22(17-26(30)42)15-21-7-2-1-3-8-21/h6,9-11,16-18,21,25,28,30,34-36,40-42,45-47H,1-5,7-8,12-15,19-20,39H2/t25-,28+,30-,34+,35-,36+,38-/m0/s1. The van der Waals surface area contributed by atoms with Crippen LogP contribution in [0.5, 0.6) is 5.75 Å². The molecular weight excluding hydrogens is 628 g/mol. The summed E-state index contributed by atoms with van der Waals surface area (Å²) in [6, 6.07) is 4.59. The number of Topliss-reactive ketones (excluding diaryl/α,β-unsaturated/α-hetero) is 2. The average Bonchev–Trinajstić information content (AvgIpc) is 3.57. The molecule has 1 aromatic carbocycles. The Labute approximate surface area is 286 Å². The molecule has 264 valence electrons. The largest absolute Gasteiger partial charge is 0.511 e. The second-order valence-electron chi connectivity index (χ2n) is 15.0. The number of rotatable bonds is 8. The van der Waals surface area contributed by atoms with Crippen LogP contribution in [0.3, 0.4) is 0 Å². The highest BCUT2D eigenvalue weighted by molar-refractivity contribution is 6.19. The molecule has 11 nitrogen and oxygen atoms in total. The number of carbonyl (C=O) groups is 2. The van der Waals surface area contributed by atoms with Crippen LogP contribution in [-0.4, -0.2) is 80.5 Å². The Morgan fingerprint density at radius 1 is 1.00 bits per heavy atom. The Kier molecular flexibility index (Phi) is 9.25. The van der Waals surface area contributed by atoms with Crippen LogP contribution in [-0.2, 0) is 4.74 Å². The van der Waals surface area contributed by atoms with E-state index < -0.39 is 59.8 Å². The third kappa shape index (κ3) is 6.03. The van der Waals surface area contributed by atoms with Gasteiger partial charge in [-0.2, -0.15) is 0 Å². The van der Waals surface area contributed by atoms with Gasteiger partial charge in [0.2, 0.25) is 6.29 Å². The molecule has 0 bridgehead atoms. The lowest BCUT2D eigenvalue weighted by atomic mass is 9.66. The summed E-state index contributed by atoms with van der Waals surface area (Å²) in [6.07, 6.45) is 10.5. The van der Waals surface area contributed by atoms with Gasteiger partial charge in [-0.1, -0.05) is 69.2 Å². The molecule has 49 heavy (non-hydrogen) atoms. The number of aliphatic hydroxyl groups excluding tert-OH is 4. The minimum atomic E-state index is -2.18. The van der Waals surface area contributed by atoms with Crippen molar-refractivity contribution in [3.05, 3.63) is 76.4 Å². The molecule has 7 atom stereocenters. The summed E-state index contributed by atoms with van der Waals surface area (Å²) in [5, 5.41) is 59.7. The first-order chi connectivity index (χ1) is 23.5. The maximum absolute atomic E-state index is 14.1. The Balaban J connectivity index is 1.18. The number of allylic oxidation sites excluding steroid dienone is 6. The summed E-state index contributed by atoms with van der Waals surface area (Å²) in [5.41, 5.74) is 5.17. The number of benzene rings is 1. The van der Waals surface area contributed by atoms with Gasteiger partial charge in [0.1, 0.15) is 35.4 Å². The Morgan fingerprint density at radius 3 is 2.47 bits per heavy atom. The summed E-state index contributed by atoms with van der Waals surface area (Å²) >= 11 is 0. The predicted octanol–water partition coefficient (Wildman–Crippen LogP) is 3.48. The zero-order valence-corrected chi connectivity index (χ0v) is 27.7. The smallest absolute Gasteiger partial charge is 0.229 e. The number of fused-ring (bicyclic) bond motifs is 2. The van der Waals surface area contributed by atoms with Crippen LogP contribution < -0.4 is 15.8 Å². The molecular formula is C38H48N2O9. The molecule has 1 saturated heterocycles. The number of hydrogen-bond donors (Lipinski definition) is 7. The van der Waals surface area contributed by atoms with E-state index in [1.807, 2.05) is 18.2 Å². The van der Waals surface area contributed by atoms with Crippen molar-refractivity contribution in [3.8, 4) is 5.75 Å². The number of aliphatic hydroxyl groups is 5. The van der Waals surface area contributed by atoms with Crippen molar-refractivity contribution in [2.24, 2.45) is 28.9 Å². The van der Waals surface area contributed by atoms with Gasteiger partial charge in [-0.3, -0.25) is 9.59 Å². The number of ketones is 2. The highest BCUT2D eigenvalue weighted by atomic mass is 16.7.